The third kappa shape index (κ3) is 2.55. The van der Waals surface area contributed by atoms with Crippen molar-refractivity contribution in [2.24, 2.45) is 0 Å². The molecule has 0 aliphatic heterocycles. The van der Waals surface area contributed by atoms with Gasteiger partial charge in [-0.05, 0) is 31.5 Å². The highest BCUT2D eigenvalue weighted by molar-refractivity contribution is 5.91. The van der Waals surface area contributed by atoms with E-state index in [-0.39, 0.29) is 6.61 Å². The van der Waals surface area contributed by atoms with E-state index in [1.165, 1.54) is 0 Å². The molecular formula is C15H14N2O2. The number of rotatable bonds is 3. The molecule has 2 rings (SSSR count). The van der Waals surface area contributed by atoms with Crippen LogP contribution in [-0.4, -0.2) is 17.6 Å². The maximum absolute atomic E-state index is 11.9. The van der Waals surface area contributed by atoms with E-state index < -0.39 is 11.9 Å². The third-order valence-corrected chi connectivity index (χ3v) is 2.84. The molecule has 0 bridgehead atoms. The van der Waals surface area contributed by atoms with E-state index in [2.05, 4.69) is 4.98 Å². The average molecular weight is 254 g/mol. The first-order chi connectivity index (χ1) is 9.17. The zero-order chi connectivity index (χ0) is 13.8. The van der Waals surface area contributed by atoms with E-state index in [0.717, 1.165) is 16.6 Å². The van der Waals surface area contributed by atoms with Crippen molar-refractivity contribution in [1.82, 2.24) is 4.98 Å². The number of aromatic nitrogens is 1. The summed E-state index contributed by atoms with van der Waals surface area (Å²) in [7, 11) is 0. The van der Waals surface area contributed by atoms with Gasteiger partial charge in [-0.1, -0.05) is 18.2 Å². The molecule has 0 saturated carbocycles. The number of pyridine rings is 1. The Hall–Kier alpha value is -2.41. The zero-order valence-electron chi connectivity index (χ0n) is 10.9. The van der Waals surface area contributed by atoms with Crippen LogP contribution in [0.25, 0.3) is 10.9 Å². The van der Waals surface area contributed by atoms with Crippen molar-refractivity contribution in [2.45, 2.75) is 19.8 Å². The average Bonchev–Trinajstić information content (AvgIpc) is 2.39. The van der Waals surface area contributed by atoms with Crippen LogP contribution < -0.4 is 0 Å². The lowest BCUT2D eigenvalue weighted by Gasteiger charge is -2.12. The van der Waals surface area contributed by atoms with E-state index in [4.69, 9.17) is 4.74 Å². The Balaban J connectivity index is 2.60. The van der Waals surface area contributed by atoms with Crippen LogP contribution in [0.4, 0.5) is 0 Å². The molecule has 0 saturated heterocycles. The predicted octanol–water partition coefficient (Wildman–Crippen LogP) is 2.71. The number of ether oxygens (including phenoxy) is 1. The van der Waals surface area contributed by atoms with Crippen LogP contribution in [0, 0.1) is 18.3 Å². The van der Waals surface area contributed by atoms with Gasteiger partial charge in [0.1, 0.15) is 0 Å². The van der Waals surface area contributed by atoms with Crippen molar-refractivity contribution in [3.05, 3.63) is 41.6 Å². The molecule has 1 atom stereocenters. The Morgan fingerprint density at radius 2 is 2.21 bits per heavy atom. The van der Waals surface area contributed by atoms with E-state index in [1.807, 2.05) is 37.3 Å². The summed E-state index contributed by atoms with van der Waals surface area (Å²) in [5.41, 5.74) is 2.21. The second-order valence-corrected chi connectivity index (χ2v) is 4.18. The van der Waals surface area contributed by atoms with Crippen LogP contribution in [0.3, 0.4) is 0 Å². The van der Waals surface area contributed by atoms with Crippen LogP contribution in [0.2, 0.25) is 0 Å². The van der Waals surface area contributed by atoms with Crippen LogP contribution in [0.1, 0.15) is 24.1 Å². The molecule has 1 heterocycles. The highest BCUT2D eigenvalue weighted by atomic mass is 16.5. The summed E-state index contributed by atoms with van der Waals surface area (Å²) >= 11 is 0. The number of nitriles is 1. The third-order valence-electron chi connectivity index (χ3n) is 2.84. The molecule has 1 aromatic carbocycles. The van der Waals surface area contributed by atoms with Crippen molar-refractivity contribution in [3.63, 3.8) is 0 Å². The SMILES string of the molecule is CCOC(=O)C(C#N)c1cc(C)nc2ccccc12. The Bertz CT molecular complexity index is 659. The molecule has 0 N–H and O–H groups in total. The zero-order valence-corrected chi connectivity index (χ0v) is 10.9. The molecule has 0 spiro atoms. The topological polar surface area (TPSA) is 63.0 Å². The van der Waals surface area contributed by atoms with Crippen molar-refractivity contribution >= 4 is 16.9 Å². The molecule has 2 aromatic rings. The monoisotopic (exact) mass is 254 g/mol. The number of carbonyl (C=O) groups is 1. The largest absolute Gasteiger partial charge is 0.465 e. The van der Waals surface area contributed by atoms with Gasteiger partial charge in [0, 0.05) is 11.1 Å². The fraction of sp³-hybridized carbons (Fsp3) is 0.267. The first-order valence-electron chi connectivity index (χ1n) is 6.10. The number of fused-ring (bicyclic) bond motifs is 1. The molecule has 0 fully saturated rings. The molecule has 96 valence electrons. The standard InChI is InChI=1S/C15H14N2O2/c1-3-19-15(18)13(9-16)12-8-10(2)17-14-7-5-4-6-11(12)14/h4-8,13H,3H2,1-2H3. The van der Waals surface area contributed by atoms with Gasteiger partial charge in [0.05, 0.1) is 18.2 Å². The number of benzene rings is 1. The lowest BCUT2D eigenvalue weighted by atomic mass is 9.96. The summed E-state index contributed by atoms with van der Waals surface area (Å²) in [6, 6.07) is 11.3. The van der Waals surface area contributed by atoms with Gasteiger partial charge in [0.15, 0.2) is 5.92 Å². The summed E-state index contributed by atoms with van der Waals surface area (Å²) in [6.07, 6.45) is 0. The van der Waals surface area contributed by atoms with Crippen LogP contribution in [-0.2, 0) is 9.53 Å². The van der Waals surface area contributed by atoms with Crippen molar-refractivity contribution in [3.8, 4) is 6.07 Å². The first kappa shape index (κ1) is 13.0. The number of para-hydroxylation sites is 1. The molecule has 19 heavy (non-hydrogen) atoms. The maximum Gasteiger partial charge on any atom is 0.327 e. The van der Waals surface area contributed by atoms with Crippen molar-refractivity contribution in [2.75, 3.05) is 6.61 Å². The molecular weight excluding hydrogens is 240 g/mol. The van der Waals surface area contributed by atoms with Gasteiger partial charge in [-0.2, -0.15) is 5.26 Å². The first-order valence-corrected chi connectivity index (χ1v) is 6.10. The minimum Gasteiger partial charge on any atom is -0.465 e. The molecule has 0 aliphatic carbocycles. The number of hydrogen-bond donors (Lipinski definition) is 0. The second kappa shape index (κ2) is 5.49. The van der Waals surface area contributed by atoms with Crippen LogP contribution in [0.5, 0.6) is 0 Å². The quantitative estimate of drug-likeness (QED) is 0.790. The number of hydrogen-bond acceptors (Lipinski definition) is 4. The van der Waals surface area contributed by atoms with Gasteiger partial charge in [0.2, 0.25) is 0 Å². The van der Waals surface area contributed by atoms with Gasteiger partial charge in [-0.3, -0.25) is 9.78 Å². The van der Waals surface area contributed by atoms with Crippen molar-refractivity contribution in [1.29, 1.82) is 5.26 Å². The van der Waals surface area contributed by atoms with E-state index >= 15 is 0 Å². The summed E-state index contributed by atoms with van der Waals surface area (Å²) in [5.74, 6) is -1.42. The number of esters is 1. The molecule has 0 aliphatic rings. The van der Waals surface area contributed by atoms with Gasteiger partial charge in [-0.15, -0.1) is 0 Å². The maximum atomic E-state index is 11.9. The summed E-state index contributed by atoms with van der Waals surface area (Å²) in [6.45, 7) is 3.83. The molecule has 1 unspecified atom stereocenters. The van der Waals surface area contributed by atoms with Crippen molar-refractivity contribution < 1.29 is 9.53 Å². The number of aryl methyl sites for hydroxylation is 1. The van der Waals surface area contributed by atoms with E-state index in [9.17, 15) is 10.1 Å². The Morgan fingerprint density at radius 3 is 2.89 bits per heavy atom. The van der Waals surface area contributed by atoms with Crippen LogP contribution in [0.15, 0.2) is 30.3 Å². The normalized spacial score (nSPS) is 11.8. The lowest BCUT2D eigenvalue weighted by molar-refractivity contribution is -0.143. The van der Waals surface area contributed by atoms with Crippen LogP contribution >= 0.6 is 0 Å². The molecule has 4 heteroatoms. The Labute approximate surface area is 111 Å². The summed E-state index contributed by atoms with van der Waals surface area (Å²) in [4.78, 5) is 16.3. The fourth-order valence-corrected chi connectivity index (χ4v) is 2.05. The Kier molecular flexibility index (Phi) is 3.76. The smallest absolute Gasteiger partial charge is 0.327 e. The highest BCUT2D eigenvalue weighted by Crippen LogP contribution is 2.26. The minimum atomic E-state index is -0.911. The molecule has 4 nitrogen and oxygen atoms in total. The summed E-state index contributed by atoms with van der Waals surface area (Å²) in [5, 5.41) is 10.1. The predicted molar refractivity (Wildman–Crippen MR) is 71.5 cm³/mol. The lowest BCUT2D eigenvalue weighted by Crippen LogP contribution is -2.15. The van der Waals surface area contributed by atoms with E-state index in [1.54, 1.807) is 13.0 Å². The fourth-order valence-electron chi connectivity index (χ4n) is 2.05. The molecule has 0 amide bonds. The minimum absolute atomic E-state index is 0.263. The van der Waals surface area contributed by atoms with Gasteiger partial charge in [0.25, 0.3) is 0 Å². The van der Waals surface area contributed by atoms with Gasteiger partial charge in [-0.25, -0.2) is 0 Å². The molecule has 1 aromatic heterocycles. The number of nitrogens with zero attached hydrogens (tertiary/aromatic N) is 2. The molecule has 0 radical (unpaired) electrons. The Morgan fingerprint density at radius 1 is 1.47 bits per heavy atom. The van der Waals surface area contributed by atoms with Gasteiger partial charge >= 0.3 is 5.97 Å². The summed E-state index contributed by atoms with van der Waals surface area (Å²) < 4.78 is 4.96. The van der Waals surface area contributed by atoms with Gasteiger partial charge < -0.3 is 4.74 Å². The second-order valence-electron chi connectivity index (χ2n) is 4.18. The number of carbonyl (C=O) groups excluding carboxylic acids is 1. The highest BCUT2D eigenvalue weighted by Gasteiger charge is 2.24. The van der Waals surface area contributed by atoms with E-state index in [0.29, 0.717) is 5.56 Å².